The number of Topliss-reactive ketones (excluding diaryl/α,β-unsaturated/α-hetero) is 1. The zero-order valence-corrected chi connectivity index (χ0v) is 21.6. The van der Waals surface area contributed by atoms with Crippen molar-refractivity contribution in [2.45, 2.75) is 58.5 Å². The van der Waals surface area contributed by atoms with Crippen LogP contribution in [0.4, 0.5) is 17.1 Å². The molecule has 2 atom stereocenters. The molecule has 5 rings (SSSR count). The maximum atomic E-state index is 12.6. The molecule has 2 amide bonds. The SMILES string of the molecule is CC(=O)Cc1ccc(N[C@@H]2C[C@H](C)N(C(C)=O)c3ccc(-c4cccc(NC(=O)C5CC5)c4)cc32)cc1. The van der Waals surface area contributed by atoms with Crippen molar-refractivity contribution in [1.29, 1.82) is 0 Å². The molecule has 1 fully saturated rings. The molecule has 0 unspecified atom stereocenters. The van der Waals surface area contributed by atoms with Crippen LogP contribution in [0.2, 0.25) is 0 Å². The van der Waals surface area contributed by atoms with Gasteiger partial charge in [-0.15, -0.1) is 0 Å². The van der Waals surface area contributed by atoms with E-state index in [0.717, 1.165) is 58.6 Å². The highest BCUT2D eigenvalue weighted by Gasteiger charge is 2.33. The Morgan fingerprint density at radius 1 is 0.892 bits per heavy atom. The van der Waals surface area contributed by atoms with Gasteiger partial charge in [0.2, 0.25) is 11.8 Å². The molecule has 1 heterocycles. The normalized spacial score (nSPS) is 18.6. The average molecular weight is 496 g/mol. The van der Waals surface area contributed by atoms with E-state index in [-0.39, 0.29) is 35.6 Å². The summed E-state index contributed by atoms with van der Waals surface area (Å²) in [5, 5.41) is 6.70. The van der Waals surface area contributed by atoms with Gasteiger partial charge in [0, 0.05) is 42.4 Å². The van der Waals surface area contributed by atoms with Gasteiger partial charge in [0.15, 0.2) is 0 Å². The summed E-state index contributed by atoms with van der Waals surface area (Å²) in [4.78, 5) is 38.2. The minimum absolute atomic E-state index is 0.0111. The predicted molar refractivity (Wildman–Crippen MR) is 148 cm³/mol. The highest BCUT2D eigenvalue weighted by Crippen LogP contribution is 2.41. The molecule has 2 aliphatic rings. The third-order valence-electron chi connectivity index (χ3n) is 7.18. The Kier molecular flexibility index (Phi) is 6.83. The van der Waals surface area contributed by atoms with E-state index >= 15 is 0 Å². The molecule has 1 saturated carbocycles. The van der Waals surface area contributed by atoms with E-state index in [9.17, 15) is 14.4 Å². The van der Waals surface area contributed by atoms with E-state index in [0.29, 0.717) is 6.42 Å². The van der Waals surface area contributed by atoms with Crippen molar-refractivity contribution >= 4 is 34.7 Å². The summed E-state index contributed by atoms with van der Waals surface area (Å²) >= 11 is 0. The molecule has 190 valence electrons. The maximum Gasteiger partial charge on any atom is 0.227 e. The number of nitrogens with one attached hydrogen (secondary N) is 2. The summed E-state index contributed by atoms with van der Waals surface area (Å²) in [5.41, 5.74) is 6.78. The van der Waals surface area contributed by atoms with Crippen molar-refractivity contribution in [3.8, 4) is 11.1 Å². The monoisotopic (exact) mass is 495 g/mol. The van der Waals surface area contributed by atoms with Crippen LogP contribution in [0.3, 0.4) is 0 Å². The number of nitrogens with zero attached hydrogens (tertiary/aromatic N) is 1. The first kappa shape index (κ1) is 24.8. The highest BCUT2D eigenvalue weighted by molar-refractivity contribution is 5.95. The van der Waals surface area contributed by atoms with Crippen LogP contribution in [-0.2, 0) is 20.8 Å². The van der Waals surface area contributed by atoms with Gasteiger partial charge in [-0.25, -0.2) is 0 Å². The smallest absolute Gasteiger partial charge is 0.227 e. The number of carbonyl (C=O) groups is 3. The summed E-state index contributed by atoms with van der Waals surface area (Å²) in [7, 11) is 0. The van der Waals surface area contributed by atoms with Gasteiger partial charge in [-0.3, -0.25) is 14.4 Å². The average Bonchev–Trinajstić information content (AvgIpc) is 3.70. The second-order valence-electron chi connectivity index (χ2n) is 10.4. The van der Waals surface area contributed by atoms with Crippen LogP contribution >= 0.6 is 0 Å². The number of carbonyl (C=O) groups excluding carboxylic acids is 3. The molecule has 37 heavy (non-hydrogen) atoms. The summed E-state index contributed by atoms with van der Waals surface area (Å²) in [6, 6.07) is 22.2. The number of ketones is 1. The molecule has 0 saturated heterocycles. The molecule has 1 aliphatic heterocycles. The van der Waals surface area contributed by atoms with Crippen LogP contribution in [-0.4, -0.2) is 23.6 Å². The lowest BCUT2D eigenvalue weighted by Gasteiger charge is -2.39. The van der Waals surface area contributed by atoms with E-state index in [1.807, 2.05) is 65.6 Å². The van der Waals surface area contributed by atoms with Gasteiger partial charge in [0.05, 0.1) is 6.04 Å². The van der Waals surface area contributed by atoms with Gasteiger partial charge in [0.25, 0.3) is 0 Å². The van der Waals surface area contributed by atoms with Gasteiger partial charge in [-0.05, 0) is 91.8 Å². The van der Waals surface area contributed by atoms with E-state index in [1.54, 1.807) is 13.8 Å². The third-order valence-corrected chi connectivity index (χ3v) is 7.18. The van der Waals surface area contributed by atoms with Crippen LogP contribution in [0.5, 0.6) is 0 Å². The molecule has 6 heteroatoms. The molecule has 1 aliphatic carbocycles. The Hall–Kier alpha value is -3.93. The molecular formula is C31H33N3O3. The van der Waals surface area contributed by atoms with Crippen molar-refractivity contribution in [3.05, 3.63) is 77.9 Å². The zero-order valence-electron chi connectivity index (χ0n) is 21.6. The van der Waals surface area contributed by atoms with Crippen LogP contribution in [0.25, 0.3) is 11.1 Å². The molecular weight excluding hydrogens is 462 g/mol. The van der Waals surface area contributed by atoms with E-state index in [2.05, 4.69) is 23.6 Å². The first-order valence-corrected chi connectivity index (χ1v) is 13.0. The summed E-state index contributed by atoms with van der Waals surface area (Å²) < 4.78 is 0. The fourth-order valence-electron chi connectivity index (χ4n) is 5.23. The van der Waals surface area contributed by atoms with E-state index in [1.165, 1.54) is 0 Å². The van der Waals surface area contributed by atoms with Gasteiger partial charge < -0.3 is 15.5 Å². The number of hydrogen-bond acceptors (Lipinski definition) is 4. The van der Waals surface area contributed by atoms with Crippen molar-refractivity contribution in [1.82, 2.24) is 0 Å². The molecule has 0 aromatic heterocycles. The minimum Gasteiger partial charge on any atom is -0.378 e. The van der Waals surface area contributed by atoms with Gasteiger partial charge in [-0.2, -0.15) is 0 Å². The lowest BCUT2D eigenvalue weighted by molar-refractivity contribution is -0.118. The van der Waals surface area contributed by atoms with Crippen LogP contribution < -0.4 is 15.5 Å². The molecule has 0 radical (unpaired) electrons. The number of fused-ring (bicyclic) bond motifs is 1. The summed E-state index contributed by atoms with van der Waals surface area (Å²) in [5.74, 6) is 0.407. The molecule has 0 bridgehead atoms. The Morgan fingerprint density at radius 3 is 2.30 bits per heavy atom. The van der Waals surface area contributed by atoms with Crippen molar-refractivity contribution < 1.29 is 14.4 Å². The van der Waals surface area contributed by atoms with Gasteiger partial charge >= 0.3 is 0 Å². The lowest BCUT2D eigenvalue weighted by atomic mass is 9.88. The Balaban J connectivity index is 1.46. The zero-order chi connectivity index (χ0) is 26.1. The Bertz CT molecular complexity index is 1340. The first-order chi connectivity index (χ1) is 17.8. The molecule has 2 N–H and O–H groups in total. The quantitative estimate of drug-likeness (QED) is 0.413. The number of benzene rings is 3. The summed E-state index contributed by atoms with van der Waals surface area (Å²) in [6.45, 7) is 5.29. The number of rotatable bonds is 7. The predicted octanol–water partition coefficient (Wildman–Crippen LogP) is 6.13. The van der Waals surface area contributed by atoms with E-state index in [4.69, 9.17) is 0 Å². The lowest BCUT2D eigenvalue weighted by Crippen LogP contribution is -2.43. The van der Waals surface area contributed by atoms with Gasteiger partial charge in [-0.1, -0.05) is 30.3 Å². The number of hydrogen-bond donors (Lipinski definition) is 2. The van der Waals surface area contributed by atoms with Gasteiger partial charge in [0.1, 0.15) is 5.78 Å². The molecule has 6 nitrogen and oxygen atoms in total. The minimum atomic E-state index is 0.0111. The topological polar surface area (TPSA) is 78.5 Å². The fraction of sp³-hybridized carbons (Fsp3) is 0.323. The molecule has 0 spiro atoms. The van der Waals surface area contributed by atoms with Crippen LogP contribution in [0.15, 0.2) is 66.7 Å². The fourth-order valence-corrected chi connectivity index (χ4v) is 5.23. The van der Waals surface area contributed by atoms with E-state index < -0.39 is 0 Å². The van der Waals surface area contributed by atoms with Crippen LogP contribution in [0, 0.1) is 5.92 Å². The largest absolute Gasteiger partial charge is 0.378 e. The van der Waals surface area contributed by atoms with Crippen molar-refractivity contribution in [3.63, 3.8) is 0 Å². The second-order valence-corrected chi connectivity index (χ2v) is 10.4. The third kappa shape index (κ3) is 5.58. The van der Waals surface area contributed by atoms with Crippen molar-refractivity contribution in [2.75, 3.05) is 15.5 Å². The summed E-state index contributed by atoms with van der Waals surface area (Å²) in [6.07, 6.45) is 3.13. The highest BCUT2D eigenvalue weighted by atomic mass is 16.2. The molecule has 3 aromatic rings. The van der Waals surface area contributed by atoms with Crippen molar-refractivity contribution in [2.24, 2.45) is 5.92 Å². The second kappa shape index (κ2) is 10.2. The maximum absolute atomic E-state index is 12.6. The standard InChI is InChI=1S/C31H33N3O3/c1-19-15-29(32-26-12-7-22(8-13-26)16-20(2)35)28-18-25(11-14-30(28)34(19)21(3)36)24-5-4-6-27(17-24)33-31(37)23-9-10-23/h4-8,11-14,17-19,23,29,32H,9-10,15-16H2,1-3H3,(H,33,37)/t19-,29+/m0/s1. The number of amides is 2. The Labute approximate surface area is 218 Å². The molecule has 3 aromatic carbocycles. The number of anilines is 3. The Morgan fingerprint density at radius 2 is 1.62 bits per heavy atom. The first-order valence-electron chi connectivity index (χ1n) is 13.0. The van der Waals surface area contributed by atoms with Crippen LogP contribution in [0.1, 0.15) is 57.2 Å².